The van der Waals surface area contributed by atoms with Crippen molar-refractivity contribution in [2.45, 2.75) is 39.3 Å². The minimum absolute atomic E-state index is 0.177. The molecule has 3 rings (SSSR count). The number of hydrogen-bond acceptors (Lipinski definition) is 3. The van der Waals surface area contributed by atoms with Crippen molar-refractivity contribution in [1.29, 1.82) is 0 Å². The normalized spacial score (nSPS) is 13.9. The molecule has 1 amide bonds. The Morgan fingerprint density at radius 2 is 2.18 bits per heavy atom. The second kappa shape index (κ2) is 5.75. The molecule has 1 aliphatic carbocycles. The maximum atomic E-state index is 12.6. The first-order valence-electron chi connectivity index (χ1n) is 7.48. The topological polar surface area (TPSA) is 64.0 Å². The number of rotatable bonds is 4. The largest absolute Gasteiger partial charge is 0.348 e. The summed E-state index contributed by atoms with van der Waals surface area (Å²) >= 11 is 0. The van der Waals surface area contributed by atoms with Crippen LogP contribution in [0.4, 0.5) is 0 Å². The van der Waals surface area contributed by atoms with Crippen LogP contribution in [-0.4, -0.2) is 15.5 Å². The standard InChI is InChI=1S/C17H19N3O2/c1-11-8-12(2)20(14-5-6-14)17(22)15(11)16(21)19-10-13-4-3-7-18-9-13/h3-4,7-9,14H,5-6,10H2,1-2H3,(H,19,21). The lowest BCUT2D eigenvalue weighted by Crippen LogP contribution is -2.34. The summed E-state index contributed by atoms with van der Waals surface area (Å²) in [6.45, 7) is 4.09. The van der Waals surface area contributed by atoms with Gasteiger partial charge in [0.05, 0.1) is 0 Å². The molecule has 22 heavy (non-hydrogen) atoms. The van der Waals surface area contributed by atoms with Crippen LogP contribution in [0.5, 0.6) is 0 Å². The van der Waals surface area contributed by atoms with E-state index in [-0.39, 0.29) is 23.1 Å². The zero-order valence-electron chi connectivity index (χ0n) is 12.8. The Hall–Kier alpha value is -2.43. The summed E-state index contributed by atoms with van der Waals surface area (Å²) in [7, 11) is 0. The molecule has 0 saturated heterocycles. The van der Waals surface area contributed by atoms with Crippen molar-refractivity contribution in [2.75, 3.05) is 0 Å². The number of nitrogens with zero attached hydrogens (tertiary/aromatic N) is 2. The molecular weight excluding hydrogens is 278 g/mol. The predicted molar refractivity (Wildman–Crippen MR) is 83.9 cm³/mol. The molecular formula is C17H19N3O2. The molecule has 1 fully saturated rings. The van der Waals surface area contributed by atoms with Crippen molar-refractivity contribution in [3.8, 4) is 0 Å². The monoisotopic (exact) mass is 297 g/mol. The van der Waals surface area contributed by atoms with Crippen LogP contribution >= 0.6 is 0 Å². The number of pyridine rings is 2. The fourth-order valence-electron chi connectivity index (χ4n) is 2.74. The molecule has 0 aliphatic heterocycles. The van der Waals surface area contributed by atoms with E-state index in [0.717, 1.165) is 29.7 Å². The highest BCUT2D eigenvalue weighted by Crippen LogP contribution is 2.34. The van der Waals surface area contributed by atoms with Crippen molar-refractivity contribution < 1.29 is 4.79 Å². The molecule has 0 atom stereocenters. The Labute approximate surface area is 129 Å². The lowest BCUT2D eigenvalue weighted by molar-refractivity contribution is 0.0948. The third kappa shape index (κ3) is 2.79. The number of carbonyl (C=O) groups excluding carboxylic acids is 1. The zero-order chi connectivity index (χ0) is 15.7. The van der Waals surface area contributed by atoms with Crippen LogP contribution in [0, 0.1) is 13.8 Å². The van der Waals surface area contributed by atoms with Gasteiger partial charge in [-0.05, 0) is 49.9 Å². The van der Waals surface area contributed by atoms with Gasteiger partial charge in [0.1, 0.15) is 5.56 Å². The van der Waals surface area contributed by atoms with E-state index in [4.69, 9.17) is 0 Å². The van der Waals surface area contributed by atoms with Crippen molar-refractivity contribution >= 4 is 5.91 Å². The van der Waals surface area contributed by atoms with Gasteiger partial charge >= 0.3 is 0 Å². The van der Waals surface area contributed by atoms with E-state index < -0.39 is 0 Å². The lowest BCUT2D eigenvalue weighted by atomic mass is 10.1. The zero-order valence-corrected chi connectivity index (χ0v) is 12.8. The highest BCUT2D eigenvalue weighted by Gasteiger charge is 2.28. The average molecular weight is 297 g/mol. The van der Waals surface area contributed by atoms with Crippen LogP contribution in [0.3, 0.4) is 0 Å². The second-order valence-corrected chi connectivity index (χ2v) is 5.79. The van der Waals surface area contributed by atoms with Crippen molar-refractivity contribution in [2.24, 2.45) is 0 Å². The molecule has 2 heterocycles. The summed E-state index contributed by atoms with van der Waals surface area (Å²) in [6, 6.07) is 5.88. The van der Waals surface area contributed by atoms with Crippen LogP contribution in [0.25, 0.3) is 0 Å². The minimum atomic E-state index is -0.319. The van der Waals surface area contributed by atoms with Crippen LogP contribution in [0.1, 0.15) is 46.1 Å². The maximum absolute atomic E-state index is 12.6. The third-order valence-electron chi connectivity index (χ3n) is 3.95. The third-order valence-corrected chi connectivity index (χ3v) is 3.95. The van der Waals surface area contributed by atoms with Crippen LogP contribution < -0.4 is 10.9 Å². The fourth-order valence-corrected chi connectivity index (χ4v) is 2.74. The van der Waals surface area contributed by atoms with Gasteiger partial charge in [-0.25, -0.2) is 0 Å². The van der Waals surface area contributed by atoms with Crippen molar-refractivity contribution in [1.82, 2.24) is 14.9 Å². The van der Waals surface area contributed by atoms with E-state index in [2.05, 4.69) is 10.3 Å². The molecule has 1 saturated carbocycles. The van der Waals surface area contributed by atoms with Gasteiger partial charge in [0.2, 0.25) is 0 Å². The lowest BCUT2D eigenvalue weighted by Gasteiger charge is -2.13. The SMILES string of the molecule is Cc1cc(C)n(C2CC2)c(=O)c1C(=O)NCc1cccnc1. The van der Waals surface area contributed by atoms with E-state index in [1.54, 1.807) is 17.0 Å². The first-order valence-corrected chi connectivity index (χ1v) is 7.48. The Morgan fingerprint density at radius 3 is 2.82 bits per heavy atom. The smallest absolute Gasteiger partial charge is 0.264 e. The van der Waals surface area contributed by atoms with Crippen LogP contribution in [0.2, 0.25) is 0 Å². The molecule has 0 unspecified atom stereocenters. The Balaban J connectivity index is 1.86. The number of aryl methyl sites for hydroxylation is 2. The number of amides is 1. The molecule has 5 heteroatoms. The molecule has 0 radical (unpaired) electrons. The van der Waals surface area contributed by atoms with Gasteiger partial charge in [0, 0.05) is 30.7 Å². The van der Waals surface area contributed by atoms with Crippen LogP contribution in [-0.2, 0) is 6.54 Å². The summed E-state index contributed by atoms with van der Waals surface area (Å²) in [5.41, 5.74) is 2.63. The van der Waals surface area contributed by atoms with E-state index in [1.807, 2.05) is 32.0 Å². The summed E-state index contributed by atoms with van der Waals surface area (Å²) in [5.74, 6) is -0.319. The van der Waals surface area contributed by atoms with E-state index in [1.165, 1.54) is 0 Å². The summed E-state index contributed by atoms with van der Waals surface area (Å²) < 4.78 is 1.76. The maximum Gasteiger partial charge on any atom is 0.264 e. The first kappa shape index (κ1) is 14.5. The Bertz CT molecular complexity index is 761. The Morgan fingerprint density at radius 1 is 1.41 bits per heavy atom. The summed E-state index contributed by atoms with van der Waals surface area (Å²) in [5, 5.41) is 2.81. The molecule has 0 aromatic carbocycles. The summed E-state index contributed by atoms with van der Waals surface area (Å²) in [4.78, 5) is 29.1. The highest BCUT2D eigenvalue weighted by molar-refractivity contribution is 5.95. The molecule has 114 valence electrons. The molecule has 5 nitrogen and oxygen atoms in total. The quantitative estimate of drug-likeness (QED) is 0.940. The predicted octanol–water partition coefficient (Wildman–Crippen LogP) is 2.13. The van der Waals surface area contributed by atoms with Gasteiger partial charge in [0.15, 0.2) is 0 Å². The van der Waals surface area contributed by atoms with Crippen LogP contribution in [0.15, 0.2) is 35.4 Å². The molecule has 1 N–H and O–H groups in total. The molecule has 2 aromatic heterocycles. The number of carbonyl (C=O) groups is 1. The number of aromatic nitrogens is 2. The van der Waals surface area contributed by atoms with Gasteiger partial charge in [-0.2, -0.15) is 0 Å². The highest BCUT2D eigenvalue weighted by atomic mass is 16.2. The second-order valence-electron chi connectivity index (χ2n) is 5.79. The van der Waals surface area contributed by atoms with Crippen molar-refractivity contribution in [3.63, 3.8) is 0 Å². The van der Waals surface area contributed by atoms with Crippen molar-refractivity contribution in [3.05, 3.63) is 63.3 Å². The Kier molecular flexibility index (Phi) is 3.79. The molecule has 0 spiro atoms. The average Bonchev–Trinajstić information content (AvgIpc) is 3.30. The van der Waals surface area contributed by atoms with E-state index >= 15 is 0 Å². The summed E-state index contributed by atoms with van der Waals surface area (Å²) in [6.07, 6.45) is 5.41. The fraction of sp³-hybridized carbons (Fsp3) is 0.353. The molecule has 0 bridgehead atoms. The molecule has 2 aromatic rings. The van der Waals surface area contributed by atoms with E-state index in [9.17, 15) is 9.59 Å². The molecule has 1 aliphatic rings. The number of hydrogen-bond donors (Lipinski definition) is 1. The minimum Gasteiger partial charge on any atom is -0.348 e. The van der Waals surface area contributed by atoms with E-state index in [0.29, 0.717) is 6.54 Å². The van der Waals surface area contributed by atoms with Gasteiger partial charge in [-0.15, -0.1) is 0 Å². The van der Waals surface area contributed by atoms with Gasteiger partial charge < -0.3 is 9.88 Å². The van der Waals surface area contributed by atoms with Gasteiger partial charge in [-0.1, -0.05) is 6.07 Å². The first-order chi connectivity index (χ1) is 10.6. The van der Waals surface area contributed by atoms with Gasteiger partial charge in [0.25, 0.3) is 11.5 Å². The number of nitrogens with one attached hydrogen (secondary N) is 1. The van der Waals surface area contributed by atoms with Gasteiger partial charge in [-0.3, -0.25) is 14.6 Å².